The van der Waals surface area contributed by atoms with Gasteiger partial charge >= 0.3 is 5.97 Å². The van der Waals surface area contributed by atoms with Crippen LogP contribution in [-0.2, 0) is 20.9 Å². The number of carbonyl (C=O) groups excluding carboxylic acids is 3. The van der Waals surface area contributed by atoms with Crippen LogP contribution in [0.25, 0.3) is 0 Å². The number of nitrogens with zero attached hydrogens (tertiary/aromatic N) is 1. The predicted molar refractivity (Wildman–Crippen MR) is 124 cm³/mol. The molecule has 33 heavy (non-hydrogen) atoms. The van der Waals surface area contributed by atoms with Crippen LogP contribution in [0.4, 0.5) is 11.4 Å². The van der Waals surface area contributed by atoms with Crippen LogP contribution in [-0.4, -0.2) is 29.9 Å². The molecule has 0 saturated heterocycles. The molecule has 1 aliphatic heterocycles. The Morgan fingerprint density at radius 2 is 1.58 bits per heavy atom. The first kappa shape index (κ1) is 22.1. The fourth-order valence-corrected chi connectivity index (χ4v) is 3.69. The van der Waals surface area contributed by atoms with E-state index in [0.29, 0.717) is 28.3 Å². The van der Waals surface area contributed by atoms with E-state index in [1.54, 1.807) is 62.4 Å². The second-order valence-electron chi connectivity index (χ2n) is 8.09. The van der Waals surface area contributed by atoms with Crippen LogP contribution in [0.1, 0.15) is 29.8 Å². The lowest BCUT2D eigenvalue weighted by Crippen LogP contribution is -2.59. The molecule has 3 aromatic carbocycles. The molecule has 2 amide bonds. The molecule has 0 fully saturated rings. The van der Waals surface area contributed by atoms with E-state index in [-0.39, 0.29) is 12.5 Å². The molecular formula is C26H24N2O5. The molecule has 1 N–H and O–H groups in total. The average molecular weight is 444 g/mol. The standard InChI is InChI=1S/C26H24N2O5/c1-26(2)25(31)27-21-14-8-9-15-22(21)28(26)23(29)17-33-24(30)20-13-7-6-10-18(20)16-32-19-11-4-3-5-12-19/h3-15H,16-17H2,1-2H3,(H,27,31). The number of ether oxygens (including phenoxy) is 2. The third kappa shape index (κ3) is 4.57. The molecule has 0 aromatic heterocycles. The topological polar surface area (TPSA) is 84.9 Å². The highest BCUT2D eigenvalue weighted by atomic mass is 16.5. The molecule has 0 aliphatic carbocycles. The SMILES string of the molecule is CC1(C)C(=O)Nc2ccccc2N1C(=O)COC(=O)c1ccccc1COc1ccccc1. The summed E-state index contributed by atoms with van der Waals surface area (Å²) in [4.78, 5) is 39.8. The fraction of sp³-hybridized carbons (Fsp3) is 0.192. The number of amides is 2. The Balaban J connectivity index is 1.47. The number of rotatable bonds is 6. The van der Waals surface area contributed by atoms with Gasteiger partial charge in [-0.3, -0.25) is 14.5 Å². The molecule has 1 heterocycles. The largest absolute Gasteiger partial charge is 0.489 e. The van der Waals surface area contributed by atoms with Crippen molar-refractivity contribution < 1.29 is 23.9 Å². The first-order chi connectivity index (χ1) is 15.9. The molecule has 7 nitrogen and oxygen atoms in total. The van der Waals surface area contributed by atoms with Crippen molar-refractivity contribution in [3.63, 3.8) is 0 Å². The van der Waals surface area contributed by atoms with Crippen LogP contribution in [0, 0.1) is 0 Å². The van der Waals surface area contributed by atoms with E-state index in [4.69, 9.17) is 9.47 Å². The number of fused-ring (bicyclic) bond motifs is 1. The lowest BCUT2D eigenvalue weighted by Gasteiger charge is -2.41. The number of para-hydroxylation sites is 3. The summed E-state index contributed by atoms with van der Waals surface area (Å²) < 4.78 is 11.1. The molecule has 3 aromatic rings. The third-order valence-electron chi connectivity index (χ3n) is 5.46. The van der Waals surface area contributed by atoms with E-state index in [2.05, 4.69) is 5.32 Å². The molecule has 4 rings (SSSR count). The van der Waals surface area contributed by atoms with Gasteiger partial charge in [0.1, 0.15) is 17.9 Å². The maximum absolute atomic E-state index is 13.1. The Kier molecular flexibility index (Phi) is 6.13. The summed E-state index contributed by atoms with van der Waals surface area (Å²) in [6, 6.07) is 23.2. The van der Waals surface area contributed by atoms with Crippen molar-refractivity contribution in [3.05, 3.63) is 90.0 Å². The lowest BCUT2D eigenvalue weighted by molar-refractivity contribution is -0.128. The van der Waals surface area contributed by atoms with Gasteiger partial charge in [-0.15, -0.1) is 0 Å². The van der Waals surface area contributed by atoms with Gasteiger partial charge in [-0.25, -0.2) is 4.79 Å². The molecule has 0 radical (unpaired) electrons. The molecule has 7 heteroatoms. The smallest absolute Gasteiger partial charge is 0.339 e. The van der Waals surface area contributed by atoms with Crippen LogP contribution >= 0.6 is 0 Å². The van der Waals surface area contributed by atoms with Crippen molar-refractivity contribution in [1.29, 1.82) is 0 Å². The third-order valence-corrected chi connectivity index (χ3v) is 5.46. The maximum Gasteiger partial charge on any atom is 0.339 e. The highest BCUT2D eigenvalue weighted by Crippen LogP contribution is 2.36. The molecule has 0 spiro atoms. The second kappa shape index (κ2) is 9.16. The highest BCUT2D eigenvalue weighted by molar-refractivity contribution is 6.14. The molecule has 0 saturated carbocycles. The number of hydrogen-bond acceptors (Lipinski definition) is 5. The summed E-state index contributed by atoms with van der Waals surface area (Å²) in [6.07, 6.45) is 0. The molecule has 1 aliphatic rings. The van der Waals surface area contributed by atoms with Crippen LogP contribution < -0.4 is 15.0 Å². The molecule has 168 valence electrons. The number of anilines is 2. The summed E-state index contributed by atoms with van der Waals surface area (Å²) in [5, 5.41) is 2.81. The molecule has 0 unspecified atom stereocenters. The van der Waals surface area contributed by atoms with Gasteiger partial charge in [-0.05, 0) is 44.2 Å². The normalized spacial score (nSPS) is 14.1. The van der Waals surface area contributed by atoms with Crippen molar-refractivity contribution in [3.8, 4) is 5.75 Å². The lowest BCUT2D eigenvalue weighted by atomic mass is 9.96. The quantitative estimate of drug-likeness (QED) is 0.577. The summed E-state index contributed by atoms with van der Waals surface area (Å²) >= 11 is 0. The van der Waals surface area contributed by atoms with E-state index >= 15 is 0 Å². The van der Waals surface area contributed by atoms with E-state index in [9.17, 15) is 14.4 Å². The first-order valence-corrected chi connectivity index (χ1v) is 10.5. The fourth-order valence-electron chi connectivity index (χ4n) is 3.69. The van der Waals surface area contributed by atoms with Gasteiger partial charge in [0.2, 0.25) is 5.91 Å². The minimum atomic E-state index is -1.14. The van der Waals surface area contributed by atoms with Crippen molar-refractivity contribution >= 4 is 29.2 Å². The number of hydrogen-bond donors (Lipinski definition) is 1. The van der Waals surface area contributed by atoms with Gasteiger partial charge in [-0.1, -0.05) is 48.5 Å². The Hall–Kier alpha value is -4.13. The number of benzene rings is 3. The molecule has 0 bridgehead atoms. The van der Waals surface area contributed by atoms with Crippen LogP contribution in [0.5, 0.6) is 5.75 Å². The summed E-state index contributed by atoms with van der Waals surface area (Å²) in [5.74, 6) is -0.763. The molecular weight excluding hydrogens is 420 g/mol. The van der Waals surface area contributed by atoms with Crippen LogP contribution in [0.3, 0.4) is 0 Å². The number of esters is 1. The Morgan fingerprint density at radius 3 is 2.36 bits per heavy atom. The van der Waals surface area contributed by atoms with E-state index in [0.717, 1.165) is 0 Å². The molecule has 0 atom stereocenters. The average Bonchev–Trinajstić information content (AvgIpc) is 2.82. The minimum absolute atomic E-state index is 0.177. The van der Waals surface area contributed by atoms with Gasteiger partial charge in [-0.2, -0.15) is 0 Å². The van der Waals surface area contributed by atoms with E-state index < -0.39 is 24.0 Å². The van der Waals surface area contributed by atoms with E-state index in [1.807, 2.05) is 30.3 Å². The van der Waals surface area contributed by atoms with Gasteiger partial charge in [0.15, 0.2) is 6.61 Å². The zero-order valence-corrected chi connectivity index (χ0v) is 18.4. The Bertz CT molecular complexity index is 1190. The van der Waals surface area contributed by atoms with Crippen molar-refractivity contribution in [2.45, 2.75) is 26.0 Å². The van der Waals surface area contributed by atoms with Crippen LogP contribution in [0.2, 0.25) is 0 Å². The predicted octanol–water partition coefficient (Wildman–Crippen LogP) is 4.19. The van der Waals surface area contributed by atoms with Gasteiger partial charge in [0, 0.05) is 5.56 Å². The van der Waals surface area contributed by atoms with Gasteiger partial charge < -0.3 is 14.8 Å². The van der Waals surface area contributed by atoms with Gasteiger partial charge in [0.05, 0.1) is 16.9 Å². The van der Waals surface area contributed by atoms with Crippen LogP contribution in [0.15, 0.2) is 78.9 Å². The minimum Gasteiger partial charge on any atom is -0.489 e. The summed E-state index contributed by atoms with van der Waals surface area (Å²) in [5.41, 5.74) is 0.906. The van der Waals surface area contributed by atoms with Crippen molar-refractivity contribution in [1.82, 2.24) is 0 Å². The Labute approximate surface area is 191 Å². The summed E-state index contributed by atoms with van der Waals surface area (Å²) in [7, 11) is 0. The first-order valence-electron chi connectivity index (χ1n) is 10.5. The van der Waals surface area contributed by atoms with Crippen molar-refractivity contribution in [2.75, 3.05) is 16.8 Å². The monoisotopic (exact) mass is 444 g/mol. The summed E-state index contributed by atoms with van der Waals surface area (Å²) in [6.45, 7) is 2.97. The zero-order valence-electron chi connectivity index (χ0n) is 18.4. The zero-order chi connectivity index (χ0) is 23.4. The second-order valence-corrected chi connectivity index (χ2v) is 8.09. The number of nitrogens with one attached hydrogen (secondary N) is 1. The van der Waals surface area contributed by atoms with Crippen molar-refractivity contribution in [2.24, 2.45) is 0 Å². The van der Waals surface area contributed by atoms with Gasteiger partial charge in [0.25, 0.3) is 5.91 Å². The highest BCUT2D eigenvalue weighted by Gasteiger charge is 2.43. The van der Waals surface area contributed by atoms with E-state index in [1.165, 1.54) is 4.90 Å². The maximum atomic E-state index is 13.1. The Morgan fingerprint density at radius 1 is 0.909 bits per heavy atom. The number of carbonyl (C=O) groups is 3.